The topological polar surface area (TPSA) is 60.5 Å². The summed E-state index contributed by atoms with van der Waals surface area (Å²) in [7, 11) is 0. The molecule has 2 saturated heterocycles. The first-order valence-electron chi connectivity index (χ1n) is 14.9. The number of morpholine rings is 1. The standard InChI is InChI=1S/C34H44N2O5/c1-34(2,3)41-33(37)36-17-15-31(32(24-36)40-25-26-9-10-27-7-4-5-8-29(27)23-26)28-11-13-30(14-12-28)39-20-6-16-35-18-21-38-22-19-35/h4-5,7-14,23,31-32H,6,15-22,24-25H2,1-3H3. The van der Waals surface area contributed by atoms with E-state index in [4.69, 9.17) is 18.9 Å². The average Bonchev–Trinajstić information content (AvgIpc) is 2.98. The summed E-state index contributed by atoms with van der Waals surface area (Å²) in [6.45, 7) is 12.7. The van der Waals surface area contributed by atoms with E-state index in [2.05, 4.69) is 71.6 Å². The quantitative estimate of drug-likeness (QED) is 0.288. The van der Waals surface area contributed by atoms with Gasteiger partial charge < -0.3 is 23.8 Å². The lowest BCUT2D eigenvalue weighted by atomic mass is 9.87. The van der Waals surface area contributed by atoms with Crippen LogP contribution in [0.15, 0.2) is 66.7 Å². The molecule has 0 spiro atoms. The third kappa shape index (κ3) is 8.44. The predicted octanol–water partition coefficient (Wildman–Crippen LogP) is 6.25. The molecule has 7 heteroatoms. The van der Waals surface area contributed by atoms with Crippen molar-refractivity contribution in [2.45, 2.75) is 57.8 Å². The highest BCUT2D eigenvalue weighted by molar-refractivity contribution is 5.82. The van der Waals surface area contributed by atoms with E-state index in [1.54, 1.807) is 4.90 Å². The van der Waals surface area contributed by atoms with Crippen LogP contribution in [0.25, 0.3) is 10.8 Å². The Bertz CT molecular complexity index is 1270. The van der Waals surface area contributed by atoms with Crippen LogP contribution in [-0.2, 0) is 20.8 Å². The third-order valence-corrected chi connectivity index (χ3v) is 7.79. The fourth-order valence-corrected chi connectivity index (χ4v) is 5.61. The van der Waals surface area contributed by atoms with Crippen LogP contribution in [0, 0.1) is 0 Å². The summed E-state index contributed by atoms with van der Waals surface area (Å²) in [5.74, 6) is 1.06. The normalized spacial score (nSPS) is 20.2. The van der Waals surface area contributed by atoms with Crippen molar-refractivity contribution in [2.24, 2.45) is 0 Å². The van der Waals surface area contributed by atoms with Crippen LogP contribution in [0.4, 0.5) is 4.79 Å². The number of carbonyl (C=O) groups is 1. The molecule has 1 amide bonds. The fraction of sp³-hybridized carbons (Fsp3) is 0.500. The molecule has 0 saturated carbocycles. The van der Waals surface area contributed by atoms with Gasteiger partial charge in [0, 0.05) is 32.1 Å². The zero-order valence-electron chi connectivity index (χ0n) is 24.7. The Hall–Kier alpha value is -3.13. The summed E-state index contributed by atoms with van der Waals surface area (Å²) in [5, 5.41) is 2.41. The largest absolute Gasteiger partial charge is 0.494 e. The molecule has 2 aliphatic heterocycles. The van der Waals surface area contributed by atoms with Gasteiger partial charge in [0.2, 0.25) is 0 Å². The highest BCUT2D eigenvalue weighted by atomic mass is 16.6. The second-order valence-corrected chi connectivity index (χ2v) is 12.1. The second-order valence-electron chi connectivity index (χ2n) is 12.1. The van der Waals surface area contributed by atoms with Gasteiger partial charge in [-0.3, -0.25) is 4.90 Å². The molecule has 41 heavy (non-hydrogen) atoms. The molecule has 220 valence electrons. The number of benzene rings is 3. The van der Waals surface area contributed by atoms with Gasteiger partial charge in [-0.2, -0.15) is 0 Å². The van der Waals surface area contributed by atoms with Gasteiger partial charge in [-0.1, -0.05) is 48.5 Å². The van der Waals surface area contributed by atoms with Gasteiger partial charge >= 0.3 is 6.09 Å². The molecular weight excluding hydrogens is 516 g/mol. The number of likely N-dealkylation sites (tertiary alicyclic amines) is 1. The minimum Gasteiger partial charge on any atom is -0.494 e. The molecule has 2 aliphatic rings. The van der Waals surface area contributed by atoms with E-state index in [0.717, 1.165) is 57.0 Å². The first kappa shape index (κ1) is 29.4. The van der Waals surface area contributed by atoms with Crippen molar-refractivity contribution in [2.75, 3.05) is 52.5 Å². The molecular formula is C34H44N2O5. The molecule has 0 N–H and O–H groups in total. The monoisotopic (exact) mass is 560 g/mol. The van der Waals surface area contributed by atoms with E-state index in [9.17, 15) is 4.79 Å². The van der Waals surface area contributed by atoms with Crippen molar-refractivity contribution in [1.29, 1.82) is 0 Å². The molecule has 2 atom stereocenters. The lowest BCUT2D eigenvalue weighted by Gasteiger charge is -2.39. The van der Waals surface area contributed by atoms with Gasteiger partial charge in [0.05, 0.1) is 39.1 Å². The lowest BCUT2D eigenvalue weighted by Crippen LogP contribution is -2.48. The van der Waals surface area contributed by atoms with Gasteiger partial charge in [-0.05, 0) is 73.7 Å². The van der Waals surface area contributed by atoms with E-state index < -0.39 is 5.60 Å². The summed E-state index contributed by atoms with van der Waals surface area (Å²) in [5.41, 5.74) is 1.80. The number of rotatable bonds is 9. The maximum atomic E-state index is 12.9. The minimum absolute atomic E-state index is 0.150. The molecule has 2 heterocycles. The molecule has 0 bridgehead atoms. The number of nitrogens with zero attached hydrogens (tertiary/aromatic N) is 2. The Morgan fingerprint density at radius 3 is 2.46 bits per heavy atom. The van der Waals surface area contributed by atoms with E-state index in [1.807, 2.05) is 20.8 Å². The van der Waals surface area contributed by atoms with Crippen molar-refractivity contribution in [1.82, 2.24) is 9.80 Å². The van der Waals surface area contributed by atoms with E-state index in [-0.39, 0.29) is 18.1 Å². The van der Waals surface area contributed by atoms with Crippen LogP contribution in [0.3, 0.4) is 0 Å². The summed E-state index contributed by atoms with van der Waals surface area (Å²) < 4.78 is 23.7. The molecule has 3 aromatic carbocycles. The Morgan fingerprint density at radius 1 is 0.951 bits per heavy atom. The molecule has 0 aromatic heterocycles. The molecule has 5 rings (SSSR count). The fourth-order valence-electron chi connectivity index (χ4n) is 5.61. The molecule has 2 unspecified atom stereocenters. The van der Waals surface area contributed by atoms with E-state index in [0.29, 0.717) is 26.3 Å². The van der Waals surface area contributed by atoms with Gasteiger partial charge in [-0.15, -0.1) is 0 Å². The highest BCUT2D eigenvalue weighted by Gasteiger charge is 2.35. The summed E-state index contributed by atoms with van der Waals surface area (Å²) in [4.78, 5) is 17.1. The van der Waals surface area contributed by atoms with Crippen molar-refractivity contribution in [3.05, 3.63) is 77.9 Å². The molecule has 3 aromatic rings. The van der Waals surface area contributed by atoms with Crippen LogP contribution in [0.1, 0.15) is 50.7 Å². The number of carbonyl (C=O) groups excluding carboxylic acids is 1. The summed E-state index contributed by atoms with van der Waals surface area (Å²) in [6, 6.07) is 23.2. The molecule has 0 aliphatic carbocycles. The second kappa shape index (κ2) is 13.7. The van der Waals surface area contributed by atoms with Crippen LogP contribution < -0.4 is 4.74 Å². The number of amides is 1. The van der Waals surface area contributed by atoms with Crippen LogP contribution in [-0.4, -0.2) is 80.1 Å². The van der Waals surface area contributed by atoms with Crippen LogP contribution in [0.5, 0.6) is 5.75 Å². The minimum atomic E-state index is -0.534. The molecule has 2 fully saturated rings. The van der Waals surface area contributed by atoms with Crippen molar-refractivity contribution < 1.29 is 23.7 Å². The van der Waals surface area contributed by atoms with Crippen molar-refractivity contribution in [3.63, 3.8) is 0 Å². The Balaban J connectivity index is 1.22. The number of piperidine rings is 1. The van der Waals surface area contributed by atoms with E-state index >= 15 is 0 Å². The zero-order valence-corrected chi connectivity index (χ0v) is 24.7. The third-order valence-electron chi connectivity index (χ3n) is 7.79. The van der Waals surface area contributed by atoms with Crippen molar-refractivity contribution in [3.8, 4) is 5.75 Å². The van der Waals surface area contributed by atoms with Crippen LogP contribution >= 0.6 is 0 Å². The van der Waals surface area contributed by atoms with Gasteiger partial charge in [0.25, 0.3) is 0 Å². The number of ether oxygens (including phenoxy) is 4. The van der Waals surface area contributed by atoms with Gasteiger partial charge in [0.15, 0.2) is 0 Å². The van der Waals surface area contributed by atoms with Gasteiger partial charge in [-0.25, -0.2) is 4.79 Å². The maximum absolute atomic E-state index is 12.9. The summed E-state index contributed by atoms with van der Waals surface area (Å²) >= 11 is 0. The summed E-state index contributed by atoms with van der Waals surface area (Å²) in [6.07, 6.45) is 1.37. The molecule has 7 nitrogen and oxygen atoms in total. The number of hydrogen-bond donors (Lipinski definition) is 0. The Kier molecular flexibility index (Phi) is 9.80. The van der Waals surface area contributed by atoms with E-state index in [1.165, 1.54) is 16.3 Å². The highest BCUT2D eigenvalue weighted by Crippen LogP contribution is 2.33. The van der Waals surface area contributed by atoms with Crippen molar-refractivity contribution >= 4 is 16.9 Å². The first-order chi connectivity index (χ1) is 19.8. The lowest BCUT2D eigenvalue weighted by molar-refractivity contribution is -0.0359. The predicted molar refractivity (Wildman–Crippen MR) is 162 cm³/mol. The zero-order chi connectivity index (χ0) is 28.7. The number of fused-ring (bicyclic) bond motifs is 1. The van der Waals surface area contributed by atoms with Crippen LogP contribution in [0.2, 0.25) is 0 Å². The van der Waals surface area contributed by atoms with Gasteiger partial charge in [0.1, 0.15) is 11.4 Å². The molecule has 0 radical (unpaired) electrons. The Labute approximate surface area is 244 Å². The SMILES string of the molecule is CC(C)(C)OC(=O)N1CCC(c2ccc(OCCCN3CCOCC3)cc2)C(OCc2ccc3ccccc3c2)C1. The Morgan fingerprint density at radius 2 is 1.71 bits per heavy atom. The maximum Gasteiger partial charge on any atom is 0.410 e. The number of hydrogen-bond acceptors (Lipinski definition) is 6. The average molecular weight is 561 g/mol. The smallest absolute Gasteiger partial charge is 0.410 e. The first-order valence-corrected chi connectivity index (χ1v) is 14.9.